The SMILES string of the molecule is CCOc1ccc(-c2nc(COC(=O)c3cccc(NC(N)=O)c3)cs2)cc1OC. The molecule has 0 unspecified atom stereocenters. The fraction of sp³-hybridized carbons (Fsp3) is 0.190. The monoisotopic (exact) mass is 427 g/mol. The number of nitrogens with two attached hydrogens (primary N) is 1. The number of amides is 2. The van der Waals surface area contributed by atoms with Crippen LogP contribution < -0.4 is 20.5 Å². The maximum absolute atomic E-state index is 12.3. The van der Waals surface area contributed by atoms with Crippen LogP contribution in [0.4, 0.5) is 10.5 Å². The number of nitrogens with zero attached hydrogens (tertiary/aromatic N) is 1. The van der Waals surface area contributed by atoms with E-state index in [-0.39, 0.29) is 6.61 Å². The first-order valence-electron chi connectivity index (χ1n) is 9.09. The van der Waals surface area contributed by atoms with Gasteiger partial charge in [0.2, 0.25) is 0 Å². The van der Waals surface area contributed by atoms with Crippen LogP contribution in [0, 0.1) is 0 Å². The van der Waals surface area contributed by atoms with Crippen molar-refractivity contribution in [2.75, 3.05) is 19.0 Å². The number of anilines is 1. The molecule has 1 heterocycles. The zero-order valence-corrected chi connectivity index (χ0v) is 17.3. The van der Waals surface area contributed by atoms with Crippen LogP contribution in [-0.4, -0.2) is 30.7 Å². The van der Waals surface area contributed by atoms with Crippen molar-refractivity contribution < 1.29 is 23.8 Å². The molecule has 0 spiro atoms. The van der Waals surface area contributed by atoms with Crippen LogP contribution in [0.15, 0.2) is 47.8 Å². The lowest BCUT2D eigenvalue weighted by Crippen LogP contribution is -2.19. The van der Waals surface area contributed by atoms with E-state index >= 15 is 0 Å². The summed E-state index contributed by atoms with van der Waals surface area (Å²) in [5.74, 6) is 0.768. The molecule has 9 heteroatoms. The number of methoxy groups -OCH3 is 1. The molecule has 0 aliphatic carbocycles. The number of aromatic nitrogens is 1. The van der Waals surface area contributed by atoms with Gasteiger partial charge in [-0.3, -0.25) is 0 Å². The van der Waals surface area contributed by atoms with E-state index in [9.17, 15) is 9.59 Å². The van der Waals surface area contributed by atoms with Crippen LogP contribution in [-0.2, 0) is 11.3 Å². The Kier molecular flexibility index (Phi) is 6.87. The molecule has 0 aliphatic heterocycles. The Bertz CT molecular complexity index is 1050. The Balaban J connectivity index is 1.66. The average Bonchev–Trinajstić information content (AvgIpc) is 3.21. The molecule has 0 fully saturated rings. The highest BCUT2D eigenvalue weighted by atomic mass is 32.1. The summed E-state index contributed by atoms with van der Waals surface area (Å²) in [6, 6.07) is 11.2. The van der Waals surface area contributed by atoms with Gasteiger partial charge in [0.1, 0.15) is 11.6 Å². The van der Waals surface area contributed by atoms with E-state index < -0.39 is 12.0 Å². The van der Waals surface area contributed by atoms with Crippen LogP contribution in [0.25, 0.3) is 10.6 Å². The number of nitrogens with one attached hydrogen (secondary N) is 1. The molecule has 2 aromatic carbocycles. The van der Waals surface area contributed by atoms with Crippen molar-refractivity contribution in [3.8, 4) is 22.1 Å². The van der Waals surface area contributed by atoms with Gasteiger partial charge >= 0.3 is 12.0 Å². The van der Waals surface area contributed by atoms with Gasteiger partial charge < -0.3 is 25.3 Å². The van der Waals surface area contributed by atoms with E-state index in [2.05, 4.69) is 10.3 Å². The molecule has 3 aromatic rings. The summed E-state index contributed by atoms with van der Waals surface area (Å²) < 4.78 is 16.2. The minimum absolute atomic E-state index is 0.0248. The first-order valence-corrected chi connectivity index (χ1v) is 9.97. The number of benzene rings is 2. The Morgan fingerprint density at radius 3 is 2.73 bits per heavy atom. The highest BCUT2D eigenvalue weighted by Gasteiger charge is 2.13. The fourth-order valence-electron chi connectivity index (χ4n) is 2.67. The molecule has 0 atom stereocenters. The first kappa shape index (κ1) is 21.1. The van der Waals surface area contributed by atoms with E-state index in [1.165, 1.54) is 17.4 Å². The van der Waals surface area contributed by atoms with E-state index in [1.54, 1.807) is 25.3 Å². The standard InChI is InChI=1S/C21H21N3O5S/c1-3-28-17-8-7-13(10-18(17)27-2)19-23-16(12-30-19)11-29-20(25)14-5-4-6-15(9-14)24-21(22)26/h4-10,12H,3,11H2,1-2H3,(H3,22,24,26). The zero-order valence-electron chi connectivity index (χ0n) is 16.5. The molecule has 156 valence electrons. The zero-order chi connectivity index (χ0) is 21.5. The van der Waals surface area contributed by atoms with E-state index in [0.717, 1.165) is 10.6 Å². The third-order valence-corrected chi connectivity index (χ3v) is 4.92. The van der Waals surface area contributed by atoms with Gasteiger partial charge in [-0.1, -0.05) is 6.07 Å². The molecule has 0 radical (unpaired) electrons. The molecular formula is C21H21N3O5S. The van der Waals surface area contributed by atoms with Crippen LogP contribution in [0.5, 0.6) is 11.5 Å². The number of carbonyl (C=O) groups excluding carboxylic acids is 2. The first-order chi connectivity index (χ1) is 14.5. The molecule has 2 amide bonds. The number of rotatable bonds is 8. The lowest BCUT2D eigenvalue weighted by molar-refractivity contribution is 0.0468. The number of primary amides is 1. The summed E-state index contributed by atoms with van der Waals surface area (Å²) in [6.07, 6.45) is 0. The molecule has 3 rings (SSSR count). The number of esters is 1. The van der Waals surface area contributed by atoms with Crippen LogP contribution in [0.2, 0.25) is 0 Å². The largest absolute Gasteiger partial charge is 0.493 e. The van der Waals surface area contributed by atoms with Gasteiger partial charge in [0.15, 0.2) is 11.5 Å². The Morgan fingerprint density at radius 1 is 1.17 bits per heavy atom. The molecule has 8 nitrogen and oxygen atoms in total. The molecule has 3 N–H and O–H groups in total. The van der Waals surface area contributed by atoms with Crippen molar-refractivity contribution >= 4 is 29.0 Å². The van der Waals surface area contributed by atoms with Crippen molar-refractivity contribution in [3.63, 3.8) is 0 Å². The van der Waals surface area contributed by atoms with Crippen LogP contribution in [0.3, 0.4) is 0 Å². The highest BCUT2D eigenvalue weighted by molar-refractivity contribution is 7.13. The molecule has 1 aromatic heterocycles. The summed E-state index contributed by atoms with van der Waals surface area (Å²) in [7, 11) is 1.59. The summed E-state index contributed by atoms with van der Waals surface area (Å²) in [6.45, 7) is 2.48. The number of carbonyl (C=O) groups is 2. The van der Waals surface area contributed by atoms with E-state index in [1.807, 2.05) is 30.5 Å². The number of hydrogen-bond acceptors (Lipinski definition) is 7. The lowest BCUT2D eigenvalue weighted by Gasteiger charge is -2.10. The summed E-state index contributed by atoms with van der Waals surface area (Å²) in [5, 5.41) is 5.02. The second-order valence-corrected chi connectivity index (χ2v) is 6.95. The second kappa shape index (κ2) is 9.75. The highest BCUT2D eigenvalue weighted by Crippen LogP contribution is 2.33. The average molecular weight is 427 g/mol. The summed E-state index contributed by atoms with van der Waals surface area (Å²) in [5.41, 5.74) is 7.31. The number of hydrogen-bond donors (Lipinski definition) is 2. The van der Waals surface area contributed by atoms with Gasteiger partial charge in [-0.05, 0) is 43.3 Å². The Morgan fingerprint density at radius 2 is 2.00 bits per heavy atom. The molecule has 0 aliphatic rings. The van der Waals surface area contributed by atoms with Crippen molar-refractivity contribution in [1.82, 2.24) is 4.98 Å². The predicted octanol–water partition coefficient (Wildman–Crippen LogP) is 4.07. The quantitative estimate of drug-likeness (QED) is 0.524. The molecule has 30 heavy (non-hydrogen) atoms. The minimum Gasteiger partial charge on any atom is -0.493 e. The van der Waals surface area contributed by atoms with E-state index in [4.69, 9.17) is 19.9 Å². The fourth-order valence-corrected chi connectivity index (χ4v) is 3.47. The number of urea groups is 1. The summed E-state index contributed by atoms with van der Waals surface area (Å²) >= 11 is 1.44. The minimum atomic E-state index is -0.707. The van der Waals surface area contributed by atoms with Crippen molar-refractivity contribution in [2.45, 2.75) is 13.5 Å². The third kappa shape index (κ3) is 5.26. The molecule has 0 bridgehead atoms. The maximum atomic E-state index is 12.3. The molecular weight excluding hydrogens is 406 g/mol. The van der Waals surface area contributed by atoms with Crippen molar-refractivity contribution in [3.05, 3.63) is 59.1 Å². The lowest BCUT2D eigenvalue weighted by atomic mass is 10.2. The Labute approximate surface area is 177 Å². The van der Waals surface area contributed by atoms with Gasteiger partial charge in [0.25, 0.3) is 0 Å². The van der Waals surface area contributed by atoms with Crippen LogP contribution >= 0.6 is 11.3 Å². The smallest absolute Gasteiger partial charge is 0.338 e. The second-order valence-electron chi connectivity index (χ2n) is 6.09. The van der Waals surface area contributed by atoms with Gasteiger partial charge in [-0.25, -0.2) is 14.6 Å². The van der Waals surface area contributed by atoms with Gasteiger partial charge in [-0.2, -0.15) is 0 Å². The van der Waals surface area contributed by atoms with Gasteiger partial charge in [0.05, 0.1) is 25.0 Å². The molecule has 0 saturated carbocycles. The topological polar surface area (TPSA) is 113 Å². The predicted molar refractivity (Wildman–Crippen MR) is 114 cm³/mol. The maximum Gasteiger partial charge on any atom is 0.338 e. The normalized spacial score (nSPS) is 10.3. The Hall–Kier alpha value is -3.59. The molecule has 0 saturated heterocycles. The van der Waals surface area contributed by atoms with E-state index in [0.29, 0.717) is 35.1 Å². The van der Waals surface area contributed by atoms with Crippen molar-refractivity contribution in [1.29, 1.82) is 0 Å². The number of thiazole rings is 1. The third-order valence-electron chi connectivity index (χ3n) is 3.98. The van der Waals surface area contributed by atoms with Gasteiger partial charge in [-0.15, -0.1) is 11.3 Å². The summed E-state index contributed by atoms with van der Waals surface area (Å²) in [4.78, 5) is 27.8. The van der Waals surface area contributed by atoms with Crippen molar-refractivity contribution in [2.24, 2.45) is 5.73 Å². The number of ether oxygens (including phenoxy) is 3. The van der Waals surface area contributed by atoms with Crippen LogP contribution in [0.1, 0.15) is 23.0 Å². The van der Waals surface area contributed by atoms with Gasteiger partial charge in [0, 0.05) is 16.6 Å².